The molecule has 3 rings (SSSR count). The summed E-state index contributed by atoms with van der Waals surface area (Å²) in [4.78, 5) is 21.5. The molecule has 6 nitrogen and oxygen atoms in total. The zero-order valence-corrected chi connectivity index (χ0v) is 14.7. The number of pyridine rings is 1. The Morgan fingerprint density at radius 2 is 2.00 bits per heavy atom. The molecule has 1 aliphatic heterocycles. The maximum Gasteiger partial charge on any atom is 0.257 e. The third kappa shape index (κ3) is 4.28. The van der Waals surface area contributed by atoms with Crippen LogP contribution in [0.1, 0.15) is 17.3 Å². The van der Waals surface area contributed by atoms with E-state index in [2.05, 4.69) is 27.0 Å². The van der Waals surface area contributed by atoms with Crippen LogP contribution in [0.4, 0.5) is 11.4 Å². The van der Waals surface area contributed by atoms with Gasteiger partial charge in [-0.2, -0.15) is 0 Å². The summed E-state index contributed by atoms with van der Waals surface area (Å²) >= 11 is 0. The molecule has 0 spiro atoms. The van der Waals surface area contributed by atoms with E-state index in [-0.39, 0.29) is 5.91 Å². The molecular weight excluding hydrogens is 316 g/mol. The van der Waals surface area contributed by atoms with E-state index in [1.165, 1.54) is 0 Å². The highest BCUT2D eigenvalue weighted by molar-refractivity contribution is 6.04. The van der Waals surface area contributed by atoms with E-state index >= 15 is 0 Å². The smallest absolute Gasteiger partial charge is 0.257 e. The summed E-state index contributed by atoms with van der Waals surface area (Å²) in [5.74, 6) is 0.535. The lowest BCUT2D eigenvalue weighted by molar-refractivity contribution is 0.102. The number of anilines is 2. The van der Waals surface area contributed by atoms with Crippen LogP contribution in [0.5, 0.6) is 5.75 Å². The van der Waals surface area contributed by atoms with Crippen molar-refractivity contribution in [3.8, 4) is 5.75 Å². The minimum atomic E-state index is -0.171. The number of methoxy groups -OCH3 is 1. The Bertz CT molecular complexity index is 727. The Hall–Kier alpha value is -2.60. The van der Waals surface area contributed by atoms with E-state index in [9.17, 15) is 4.79 Å². The maximum absolute atomic E-state index is 12.5. The van der Waals surface area contributed by atoms with E-state index in [4.69, 9.17) is 4.74 Å². The van der Waals surface area contributed by atoms with Gasteiger partial charge in [-0.15, -0.1) is 0 Å². The molecule has 2 heterocycles. The molecule has 0 saturated carbocycles. The van der Waals surface area contributed by atoms with Crippen LogP contribution < -0.4 is 15.0 Å². The molecule has 1 fully saturated rings. The van der Waals surface area contributed by atoms with Crippen LogP contribution in [0.15, 0.2) is 42.7 Å². The second-order valence-electron chi connectivity index (χ2n) is 6.04. The summed E-state index contributed by atoms with van der Waals surface area (Å²) in [7, 11) is 1.60. The first-order valence-corrected chi connectivity index (χ1v) is 8.57. The van der Waals surface area contributed by atoms with Crippen molar-refractivity contribution in [3.63, 3.8) is 0 Å². The standard InChI is InChI=1S/C19H24N4O2/c1-3-22-7-9-23(10-8-22)17-11-15(13-20-14-17)19(24)21-16-5-4-6-18(12-16)25-2/h4-6,11-14H,3,7-10H2,1-2H3,(H,21,24). The molecule has 1 amide bonds. The molecule has 1 N–H and O–H groups in total. The number of rotatable bonds is 5. The van der Waals surface area contributed by atoms with Crippen molar-refractivity contribution in [2.24, 2.45) is 0 Å². The summed E-state index contributed by atoms with van der Waals surface area (Å²) < 4.78 is 5.18. The SMILES string of the molecule is CCN1CCN(c2cncc(C(=O)Nc3cccc(OC)c3)c2)CC1. The number of nitrogens with one attached hydrogen (secondary N) is 1. The number of carbonyl (C=O) groups excluding carboxylic acids is 1. The average molecular weight is 340 g/mol. The predicted octanol–water partition coefficient (Wildman–Crippen LogP) is 2.48. The Balaban J connectivity index is 1.69. The molecule has 6 heteroatoms. The third-order valence-electron chi connectivity index (χ3n) is 4.50. The minimum absolute atomic E-state index is 0.171. The summed E-state index contributed by atoms with van der Waals surface area (Å²) in [5, 5.41) is 2.89. The van der Waals surface area contributed by atoms with Gasteiger partial charge in [0.2, 0.25) is 0 Å². The number of likely N-dealkylation sites (N-methyl/N-ethyl adjacent to an activating group) is 1. The lowest BCUT2D eigenvalue weighted by Crippen LogP contribution is -2.46. The van der Waals surface area contributed by atoms with Crippen molar-refractivity contribution in [1.29, 1.82) is 0 Å². The number of hydrogen-bond acceptors (Lipinski definition) is 5. The van der Waals surface area contributed by atoms with Crippen LogP contribution in [-0.2, 0) is 0 Å². The molecule has 1 aliphatic rings. The fraction of sp³-hybridized carbons (Fsp3) is 0.368. The van der Waals surface area contributed by atoms with Gasteiger partial charge in [0.25, 0.3) is 5.91 Å². The number of aromatic nitrogens is 1. The Kier molecular flexibility index (Phi) is 5.50. The van der Waals surface area contributed by atoms with Gasteiger partial charge in [-0.05, 0) is 24.7 Å². The summed E-state index contributed by atoms with van der Waals surface area (Å²) in [5.41, 5.74) is 2.25. The molecule has 25 heavy (non-hydrogen) atoms. The van der Waals surface area contributed by atoms with Gasteiger partial charge in [-0.1, -0.05) is 13.0 Å². The van der Waals surface area contributed by atoms with Crippen LogP contribution in [0.3, 0.4) is 0 Å². The molecule has 1 saturated heterocycles. The topological polar surface area (TPSA) is 57.7 Å². The molecule has 0 radical (unpaired) electrons. The number of carbonyl (C=O) groups is 1. The number of benzene rings is 1. The highest BCUT2D eigenvalue weighted by atomic mass is 16.5. The Morgan fingerprint density at radius 3 is 2.72 bits per heavy atom. The van der Waals surface area contributed by atoms with Gasteiger partial charge in [0.1, 0.15) is 5.75 Å². The van der Waals surface area contributed by atoms with Crippen molar-refractivity contribution >= 4 is 17.3 Å². The molecule has 1 aromatic heterocycles. The number of hydrogen-bond donors (Lipinski definition) is 1. The van der Waals surface area contributed by atoms with Gasteiger partial charge >= 0.3 is 0 Å². The number of piperazine rings is 1. The Morgan fingerprint density at radius 1 is 1.20 bits per heavy atom. The van der Waals surface area contributed by atoms with Crippen molar-refractivity contribution in [2.75, 3.05) is 50.1 Å². The van der Waals surface area contributed by atoms with Crippen molar-refractivity contribution in [2.45, 2.75) is 6.92 Å². The molecule has 2 aromatic rings. The van der Waals surface area contributed by atoms with Crippen molar-refractivity contribution < 1.29 is 9.53 Å². The van der Waals surface area contributed by atoms with Gasteiger partial charge in [-0.25, -0.2) is 0 Å². The quantitative estimate of drug-likeness (QED) is 0.906. The second kappa shape index (κ2) is 7.98. The normalized spacial score (nSPS) is 15.0. The number of ether oxygens (including phenoxy) is 1. The maximum atomic E-state index is 12.5. The van der Waals surface area contributed by atoms with E-state index in [1.807, 2.05) is 30.5 Å². The van der Waals surface area contributed by atoms with Crippen LogP contribution in [0.2, 0.25) is 0 Å². The third-order valence-corrected chi connectivity index (χ3v) is 4.50. The van der Waals surface area contributed by atoms with Crippen LogP contribution in [-0.4, -0.2) is 55.6 Å². The van der Waals surface area contributed by atoms with Crippen LogP contribution in [0.25, 0.3) is 0 Å². The van der Waals surface area contributed by atoms with Crippen LogP contribution >= 0.6 is 0 Å². The summed E-state index contributed by atoms with van der Waals surface area (Å²) in [6.45, 7) is 7.25. The molecule has 0 atom stereocenters. The molecule has 0 bridgehead atoms. The molecule has 0 aliphatic carbocycles. The molecular formula is C19H24N4O2. The second-order valence-corrected chi connectivity index (χ2v) is 6.04. The van der Waals surface area contributed by atoms with Gasteiger partial charge in [0, 0.05) is 44.1 Å². The first-order valence-electron chi connectivity index (χ1n) is 8.57. The monoisotopic (exact) mass is 340 g/mol. The number of amides is 1. The lowest BCUT2D eigenvalue weighted by Gasteiger charge is -2.35. The fourth-order valence-electron chi connectivity index (χ4n) is 2.95. The largest absolute Gasteiger partial charge is 0.497 e. The summed E-state index contributed by atoms with van der Waals surface area (Å²) in [6.07, 6.45) is 3.42. The number of nitrogens with zero attached hydrogens (tertiary/aromatic N) is 3. The van der Waals surface area contributed by atoms with Crippen molar-refractivity contribution in [3.05, 3.63) is 48.3 Å². The molecule has 1 aromatic carbocycles. The first kappa shape index (κ1) is 17.2. The zero-order valence-electron chi connectivity index (χ0n) is 14.7. The van der Waals surface area contributed by atoms with Crippen molar-refractivity contribution in [1.82, 2.24) is 9.88 Å². The van der Waals surface area contributed by atoms with Gasteiger partial charge < -0.3 is 19.9 Å². The summed E-state index contributed by atoms with van der Waals surface area (Å²) in [6, 6.07) is 9.22. The van der Waals surface area contributed by atoms with E-state index in [1.54, 1.807) is 19.4 Å². The highest BCUT2D eigenvalue weighted by Gasteiger charge is 2.17. The fourth-order valence-corrected chi connectivity index (χ4v) is 2.95. The van der Waals surface area contributed by atoms with Gasteiger partial charge in [-0.3, -0.25) is 9.78 Å². The van der Waals surface area contributed by atoms with Gasteiger partial charge in [0.15, 0.2) is 0 Å². The molecule has 0 unspecified atom stereocenters. The average Bonchev–Trinajstić information content (AvgIpc) is 2.68. The predicted molar refractivity (Wildman–Crippen MR) is 99.5 cm³/mol. The van der Waals surface area contributed by atoms with Gasteiger partial charge in [0.05, 0.1) is 24.6 Å². The van der Waals surface area contributed by atoms with E-state index in [0.717, 1.165) is 38.4 Å². The van der Waals surface area contributed by atoms with Crippen LogP contribution in [0, 0.1) is 0 Å². The highest BCUT2D eigenvalue weighted by Crippen LogP contribution is 2.20. The zero-order chi connectivity index (χ0) is 17.6. The first-order chi connectivity index (χ1) is 12.2. The molecule has 132 valence electrons. The Labute approximate surface area is 148 Å². The lowest BCUT2D eigenvalue weighted by atomic mass is 10.2. The minimum Gasteiger partial charge on any atom is -0.497 e. The van der Waals surface area contributed by atoms with E-state index < -0.39 is 0 Å². The van der Waals surface area contributed by atoms with E-state index in [0.29, 0.717) is 17.0 Å².